The molecule has 0 aliphatic carbocycles. The van der Waals surface area contributed by atoms with Crippen LogP contribution in [0.5, 0.6) is 0 Å². The first-order valence-electron chi connectivity index (χ1n) is 7.99. The SMILES string of the molecule is Nc1ccccc1-c1nnc(SCC(=O)NCc2ccccc2Cl)[nH]c1=O. The molecule has 0 aliphatic rings. The standard InChI is InChI=1S/C18H16ClN5O2S/c19-13-7-3-1-5-11(13)9-21-15(25)10-27-18-22-17(26)16(23-24-18)12-6-2-4-8-14(12)20/h1-8H,9-10,20H2,(H,21,25)(H,22,24,26). The number of rotatable bonds is 6. The van der Waals surface area contributed by atoms with Crippen LogP contribution in [0, 0.1) is 0 Å². The lowest BCUT2D eigenvalue weighted by Crippen LogP contribution is -2.25. The first kappa shape index (κ1) is 18.9. The van der Waals surface area contributed by atoms with Gasteiger partial charge < -0.3 is 11.1 Å². The topological polar surface area (TPSA) is 114 Å². The average Bonchev–Trinajstić information content (AvgIpc) is 2.66. The van der Waals surface area contributed by atoms with Crippen molar-refractivity contribution in [2.24, 2.45) is 0 Å². The number of carbonyl (C=O) groups is 1. The molecule has 1 amide bonds. The van der Waals surface area contributed by atoms with Crippen LogP contribution < -0.4 is 16.6 Å². The van der Waals surface area contributed by atoms with E-state index in [2.05, 4.69) is 20.5 Å². The molecule has 0 saturated carbocycles. The molecule has 0 aliphatic heterocycles. The highest BCUT2D eigenvalue weighted by Crippen LogP contribution is 2.20. The van der Waals surface area contributed by atoms with Gasteiger partial charge in [0.1, 0.15) is 0 Å². The number of nitrogens with one attached hydrogen (secondary N) is 2. The molecular formula is C18H16ClN5O2S. The molecule has 2 aromatic carbocycles. The van der Waals surface area contributed by atoms with Gasteiger partial charge in [0, 0.05) is 22.8 Å². The summed E-state index contributed by atoms with van der Waals surface area (Å²) in [6, 6.07) is 14.2. The van der Waals surface area contributed by atoms with Crippen molar-refractivity contribution >= 4 is 35.0 Å². The number of nitrogens with two attached hydrogens (primary N) is 1. The lowest BCUT2D eigenvalue weighted by molar-refractivity contribution is -0.118. The molecule has 0 spiro atoms. The van der Waals surface area contributed by atoms with E-state index in [1.807, 2.05) is 18.2 Å². The zero-order chi connectivity index (χ0) is 19.2. The summed E-state index contributed by atoms with van der Waals surface area (Å²) in [5.74, 6) is -0.124. The number of nitrogen functional groups attached to an aromatic ring is 1. The summed E-state index contributed by atoms with van der Waals surface area (Å²) in [5, 5.41) is 11.5. The molecule has 0 radical (unpaired) electrons. The van der Waals surface area contributed by atoms with Crippen molar-refractivity contribution in [2.75, 3.05) is 11.5 Å². The van der Waals surface area contributed by atoms with Crippen molar-refractivity contribution < 1.29 is 4.79 Å². The molecule has 4 N–H and O–H groups in total. The molecule has 3 aromatic rings. The average molecular weight is 402 g/mol. The van der Waals surface area contributed by atoms with E-state index in [0.717, 1.165) is 17.3 Å². The minimum absolute atomic E-state index is 0.0852. The Morgan fingerprint density at radius 1 is 1.15 bits per heavy atom. The Labute approximate surface area is 164 Å². The Bertz CT molecular complexity index is 1020. The second kappa shape index (κ2) is 8.70. The number of hydrogen-bond donors (Lipinski definition) is 3. The number of thioether (sulfide) groups is 1. The van der Waals surface area contributed by atoms with Gasteiger partial charge in [0.25, 0.3) is 5.56 Å². The molecule has 0 atom stereocenters. The molecule has 0 saturated heterocycles. The third-order valence-electron chi connectivity index (χ3n) is 3.67. The lowest BCUT2D eigenvalue weighted by atomic mass is 10.1. The third-order valence-corrected chi connectivity index (χ3v) is 4.90. The number of nitrogens with zero attached hydrogens (tertiary/aromatic N) is 2. The number of anilines is 1. The third kappa shape index (κ3) is 4.87. The fraction of sp³-hybridized carbons (Fsp3) is 0.111. The normalized spacial score (nSPS) is 10.6. The maximum absolute atomic E-state index is 12.2. The molecule has 7 nitrogen and oxygen atoms in total. The van der Waals surface area contributed by atoms with Gasteiger partial charge in [-0.2, -0.15) is 0 Å². The summed E-state index contributed by atoms with van der Waals surface area (Å²) in [6.07, 6.45) is 0. The first-order chi connectivity index (χ1) is 13.0. The number of para-hydroxylation sites is 1. The molecule has 9 heteroatoms. The molecule has 1 aromatic heterocycles. The van der Waals surface area contributed by atoms with Crippen LogP contribution in [-0.4, -0.2) is 26.8 Å². The van der Waals surface area contributed by atoms with E-state index in [9.17, 15) is 9.59 Å². The predicted octanol–water partition coefficient (Wildman–Crippen LogP) is 2.48. The van der Waals surface area contributed by atoms with Crippen molar-refractivity contribution in [1.29, 1.82) is 0 Å². The second-order valence-corrected chi connectivity index (χ2v) is 6.92. The van der Waals surface area contributed by atoms with Gasteiger partial charge in [0.2, 0.25) is 5.91 Å². The summed E-state index contributed by atoms with van der Waals surface area (Å²) in [5.41, 5.74) is 7.37. The zero-order valence-electron chi connectivity index (χ0n) is 14.1. The van der Waals surface area contributed by atoms with Gasteiger partial charge in [-0.15, -0.1) is 10.2 Å². The Balaban J connectivity index is 1.59. The highest BCUT2D eigenvalue weighted by molar-refractivity contribution is 7.99. The lowest BCUT2D eigenvalue weighted by Gasteiger charge is -2.07. The number of aromatic nitrogens is 3. The van der Waals surface area contributed by atoms with Crippen molar-refractivity contribution in [3.05, 3.63) is 69.5 Å². The molecule has 1 heterocycles. The van der Waals surface area contributed by atoms with E-state index in [0.29, 0.717) is 22.8 Å². The van der Waals surface area contributed by atoms with Crippen LogP contribution in [0.25, 0.3) is 11.3 Å². The molecule has 3 rings (SSSR count). The summed E-state index contributed by atoms with van der Waals surface area (Å²) in [7, 11) is 0. The van der Waals surface area contributed by atoms with Gasteiger partial charge in [-0.3, -0.25) is 14.6 Å². The van der Waals surface area contributed by atoms with E-state index < -0.39 is 5.56 Å². The van der Waals surface area contributed by atoms with Crippen LogP contribution in [0.15, 0.2) is 58.5 Å². The van der Waals surface area contributed by atoms with E-state index >= 15 is 0 Å². The summed E-state index contributed by atoms with van der Waals surface area (Å²) in [6.45, 7) is 0.327. The molecule has 27 heavy (non-hydrogen) atoms. The molecule has 0 fully saturated rings. The minimum Gasteiger partial charge on any atom is -0.398 e. The Morgan fingerprint density at radius 3 is 2.63 bits per heavy atom. The van der Waals surface area contributed by atoms with Crippen molar-refractivity contribution in [1.82, 2.24) is 20.5 Å². The van der Waals surface area contributed by atoms with E-state index in [1.165, 1.54) is 0 Å². The van der Waals surface area contributed by atoms with Crippen molar-refractivity contribution in [3.63, 3.8) is 0 Å². The zero-order valence-corrected chi connectivity index (χ0v) is 15.7. The van der Waals surface area contributed by atoms with E-state index in [4.69, 9.17) is 17.3 Å². The maximum Gasteiger partial charge on any atom is 0.278 e. The Morgan fingerprint density at radius 2 is 1.89 bits per heavy atom. The number of aromatic amines is 1. The molecule has 138 valence electrons. The number of hydrogen-bond acceptors (Lipinski definition) is 6. The van der Waals surface area contributed by atoms with Crippen LogP contribution in [-0.2, 0) is 11.3 Å². The van der Waals surface area contributed by atoms with Gasteiger partial charge in [0.15, 0.2) is 10.9 Å². The quantitative estimate of drug-likeness (QED) is 0.432. The highest BCUT2D eigenvalue weighted by atomic mass is 35.5. The second-order valence-electron chi connectivity index (χ2n) is 5.55. The number of halogens is 1. The largest absolute Gasteiger partial charge is 0.398 e. The van der Waals surface area contributed by atoms with Gasteiger partial charge >= 0.3 is 0 Å². The van der Waals surface area contributed by atoms with Crippen molar-refractivity contribution in [2.45, 2.75) is 11.7 Å². The monoisotopic (exact) mass is 401 g/mol. The van der Waals surface area contributed by atoms with Crippen LogP contribution in [0.3, 0.4) is 0 Å². The number of H-pyrrole nitrogens is 1. The van der Waals surface area contributed by atoms with E-state index in [-0.39, 0.29) is 22.5 Å². The molecule has 0 unspecified atom stereocenters. The Kier molecular flexibility index (Phi) is 6.10. The van der Waals surface area contributed by atoms with Crippen LogP contribution in [0.4, 0.5) is 5.69 Å². The fourth-order valence-corrected chi connectivity index (χ4v) is 3.13. The summed E-state index contributed by atoms with van der Waals surface area (Å²) in [4.78, 5) is 26.8. The Hall–Kier alpha value is -2.84. The predicted molar refractivity (Wildman–Crippen MR) is 107 cm³/mol. The first-order valence-corrected chi connectivity index (χ1v) is 9.35. The number of carbonyl (C=O) groups excluding carboxylic acids is 1. The summed E-state index contributed by atoms with van der Waals surface area (Å²) < 4.78 is 0. The fourth-order valence-electron chi connectivity index (χ4n) is 2.30. The van der Waals surface area contributed by atoms with Crippen LogP contribution in [0.1, 0.15) is 5.56 Å². The summed E-state index contributed by atoms with van der Waals surface area (Å²) >= 11 is 7.14. The van der Waals surface area contributed by atoms with Gasteiger partial charge in [-0.05, 0) is 17.7 Å². The molecule has 0 bridgehead atoms. The van der Waals surface area contributed by atoms with Gasteiger partial charge in [-0.25, -0.2) is 0 Å². The molecular weight excluding hydrogens is 386 g/mol. The van der Waals surface area contributed by atoms with Crippen LogP contribution in [0.2, 0.25) is 5.02 Å². The van der Waals surface area contributed by atoms with Crippen LogP contribution >= 0.6 is 23.4 Å². The smallest absolute Gasteiger partial charge is 0.278 e. The maximum atomic E-state index is 12.2. The van der Waals surface area contributed by atoms with Gasteiger partial charge in [0.05, 0.1) is 5.75 Å². The van der Waals surface area contributed by atoms with E-state index in [1.54, 1.807) is 30.3 Å². The van der Waals surface area contributed by atoms with Gasteiger partial charge in [-0.1, -0.05) is 59.8 Å². The number of benzene rings is 2. The minimum atomic E-state index is -0.415. The van der Waals surface area contributed by atoms with Crippen molar-refractivity contribution in [3.8, 4) is 11.3 Å². The number of amides is 1. The highest BCUT2D eigenvalue weighted by Gasteiger charge is 2.12.